The van der Waals surface area contributed by atoms with Crippen molar-refractivity contribution in [2.24, 2.45) is 0 Å². The number of anilines is 3. The van der Waals surface area contributed by atoms with Crippen LogP contribution in [0.4, 0.5) is 17.1 Å². The number of fused-ring (bicyclic) bond motifs is 11. The van der Waals surface area contributed by atoms with Crippen molar-refractivity contribution < 1.29 is 0 Å². The highest BCUT2D eigenvalue weighted by atomic mass is 32.2. The van der Waals surface area contributed by atoms with E-state index in [9.17, 15) is 0 Å². The van der Waals surface area contributed by atoms with Crippen LogP contribution in [0.5, 0.6) is 0 Å². The first-order valence-corrected chi connectivity index (χ1v) is 23.7. The Morgan fingerprint density at radius 2 is 1.02 bits per heavy atom. The maximum Gasteiger partial charge on any atom is 0.244 e. The molecule has 0 unspecified atom stereocenters. The Labute approximate surface area is 345 Å². The summed E-state index contributed by atoms with van der Waals surface area (Å²) in [6.07, 6.45) is 0. The first kappa shape index (κ1) is 36.3. The molecule has 0 amide bonds. The first-order valence-electron chi connectivity index (χ1n) is 20.9. The quantitative estimate of drug-likeness (QED) is 0.161. The molecule has 0 aromatic heterocycles. The van der Waals surface area contributed by atoms with E-state index in [1.165, 1.54) is 103 Å². The second-order valence-corrected chi connectivity index (χ2v) is 22.3. The van der Waals surface area contributed by atoms with Crippen molar-refractivity contribution in [2.75, 3.05) is 4.90 Å². The fourth-order valence-corrected chi connectivity index (χ4v) is 17.2. The molecular weight excluding hydrogens is 722 g/mol. The number of hydrogen-bond acceptors (Lipinski definition) is 2. The molecule has 0 saturated heterocycles. The lowest BCUT2D eigenvalue weighted by Crippen LogP contribution is -2.75. The molecule has 57 heavy (non-hydrogen) atoms. The van der Waals surface area contributed by atoms with Crippen LogP contribution in [0.2, 0.25) is 0 Å². The monoisotopic (exact) mass is 771 g/mol. The molecule has 0 aliphatic carbocycles. The average Bonchev–Trinajstić information content (AvgIpc) is 3.50. The molecule has 4 heteroatoms. The van der Waals surface area contributed by atoms with Crippen LogP contribution < -0.4 is 42.0 Å². The van der Waals surface area contributed by atoms with Crippen LogP contribution in [0.15, 0.2) is 149 Å². The smallest absolute Gasteiger partial charge is 0.244 e. The maximum absolute atomic E-state index is 2.68. The number of rotatable bonds is 5. The summed E-state index contributed by atoms with van der Waals surface area (Å²) in [5.41, 5.74) is 18.0. The Bertz CT molecular complexity index is 2630. The van der Waals surface area contributed by atoms with Gasteiger partial charge in [-0.2, -0.15) is 0 Å². The lowest BCUT2D eigenvalue weighted by molar-refractivity contribution is 0.812. The van der Waals surface area contributed by atoms with Crippen LogP contribution in [-0.2, 0) is 0 Å². The molecule has 1 nitrogen and oxygen atoms in total. The highest BCUT2D eigenvalue weighted by Gasteiger charge is 2.54. The topological polar surface area (TPSA) is 3.24 Å². The average molecular weight is 772 g/mol. The summed E-state index contributed by atoms with van der Waals surface area (Å²) in [6, 6.07) is 54.8. The van der Waals surface area contributed by atoms with Crippen molar-refractivity contribution in [2.45, 2.75) is 82.9 Å². The number of hydrogen-bond donors (Lipinski definition) is 0. The van der Waals surface area contributed by atoms with Crippen LogP contribution in [0, 0.1) is 13.8 Å². The van der Waals surface area contributed by atoms with Gasteiger partial charge in [0.15, 0.2) is 8.07 Å². The molecule has 0 bridgehead atoms. The van der Waals surface area contributed by atoms with Gasteiger partial charge in [-0.1, -0.05) is 184 Å². The van der Waals surface area contributed by atoms with Crippen molar-refractivity contribution >= 4 is 80.7 Å². The third-order valence-electron chi connectivity index (χ3n) is 13.0. The summed E-state index contributed by atoms with van der Waals surface area (Å²) >= 11 is 1.94. The maximum atomic E-state index is 2.61. The van der Waals surface area contributed by atoms with E-state index in [2.05, 4.69) is 200 Å². The van der Waals surface area contributed by atoms with Gasteiger partial charge in [-0.25, -0.2) is 0 Å². The van der Waals surface area contributed by atoms with E-state index in [-0.39, 0.29) is 6.71 Å². The fraction of sp³-hybridized carbons (Fsp3) is 0.208. The van der Waals surface area contributed by atoms with E-state index in [1.54, 1.807) is 0 Å². The van der Waals surface area contributed by atoms with Crippen molar-refractivity contribution in [1.82, 2.24) is 0 Å². The van der Waals surface area contributed by atoms with Crippen molar-refractivity contribution in [3.05, 3.63) is 167 Å². The minimum atomic E-state index is -2.68. The van der Waals surface area contributed by atoms with E-state index in [0.717, 1.165) is 0 Å². The van der Waals surface area contributed by atoms with Crippen molar-refractivity contribution in [1.29, 1.82) is 0 Å². The van der Waals surface area contributed by atoms with Crippen LogP contribution in [0.25, 0.3) is 11.1 Å². The zero-order chi connectivity index (χ0) is 39.3. The molecule has 0 saturated carbocycles. The fourth-order valence-electron chi connectivity index (χ4n) is 10.4. The Morgan fingerprint density at radius 1 is 0.491 bits per heavy atom. The number of nitrogens with zero attached hydrogens (tertiary/aromatic N) is 1. The third kappa shape index (κ3) is 5.36. The Balaban J connectivity index is 1.26. The summed E-state index contributed by atoms with van der Waals surface area (Å²) in [4.78, 5) is 5.34. The molecule has 3 aliphatic heterocycles. The van der Waals surface area contributed by atoms with E-state index in [0.29, 0.717) is 17.8 Å². The molecule has 3 heterocycles. The molecule has 0 atom stereocenters. The van der Waals surface area contributed by atoms with Crippen LogP contribution in [-0.4, -0.2) is 14.8 Å². The predicted molar refractivity (Wildman–Crippen MR) is 251 cm³/mol. The van der Waals surface area contributed by atoms with Gasteiger partial charge in [-0.15, -0.1) is 0 Å². The molecule has 7 aromatic carbocycles. The second kappa shape index (κ2) is 13.5. The van der Waals surface area contributed by atoms with Crippen LogP contribution in [0.3, 0.4) is 0 Å². The van der Waals surface area contributed by atoms with Gasteiger partial charge in [-0.3, -0.25) is 0 Å². The lowest BCUT2D eigenvalue weighted by atomic mass is 9.34. The molecule has 280 valence electrons. The van der Waals surface area contributed by atoms with E-state index in [4.69, 9.17) is 0 Å². The van der Waals surface area contributed by atoms with Gasteiger partial charge in [-0.05, 0) is 117 Å². The molecule has 10 rings (SSSR count). The summed E-state index contributed by atoms with van der Waals surface area (Å²) < 4.78 is 0. The van der Waals surface area contributed by atoms with Crippen molar-refractivity contribution in [3.63, 3.8) is 0 Å². The van der Waals surface area contributed by atoms with Crippen LogP contribution in [0.1, 0.15) is 87.1 Å². The summed E-state index contributed by atoms with van der Waals surface area (Å²) in [5, 5.41) is 5.99. The number of benzene rings is 7. The molecule has 1 spiro atoms. The molecular formula is C53H50BNSSi. The van der Waals surface area contributed by atoms with E-state index < -0.39 is 8.07 Å². The first-order chi connectivity index (χ1) is 27.6. The summed E-state index contributed by atoms with van der Waals surface area (Å²) in [7, 11) is -2.68. The molecule has 3 aliphatic rings. The molecule has 0 fully saturated rings. The van der Waals surface area contributed by atoms with Gasteiger partial charge in [0.05, 0.1) is 0 Å². The highest BCUT2D eigenvalue weighted by Crippen LogP contribution is 2.43. The van der Waals surface area contributed by atoms with E-state index in [1.807, 2.05) is 11.8 Å². The zero-order valence-electron chi connectivity index (χ0n) is 34.4. The van der Waals surface area contributed by atoms with Crippen molar-refractivity contribution in [3.8, 4) is 11.1 Å². The minimum absolute atomic E-state index is 0.127. The largest absolute Gasteiger partial charge is 0.311 e. The van der Waals surface area contributed by atoms with Gasteiger partial charge >= 0.3 is 0 Å². The Morgan fingerprint density at radius 3 is 1.58 bits per heavy atom. The SMILES string of the molecule is Cc1ccc2c(c1)[Si]1(c3ccccc3-c3ccccc31)c1cc(C)ccc1N2c1ccc2c(c1)B(c1c(C(C)C)cc(C(C)C)cc1C(C)C)c1ccccc1S2. The Kier molecular flexibility index (Phi) is 8.63. The lowest BCUT2D eigenvalue weighted by Gasteiger charge is -2.44. The Hall–Kier alpha value is -5.03. The van der Waals surface area contributed by atoms with E-state index >= 15 is 0 Å². The normalized spacial score (nSPS) is 14.4. The summed E-state index contributed by atoms with van der Waals surface area (Å²) in [6.45, 7) is 18.9. The standard InChI is InChI=1S/C53H50BNSSi/c1-32(2)37-29-41(33(3)4)53(42(30-37)34(5)6)54-43-17-11-12-18-47(43)56-48-26-23-38(31-44(48)54)55-45-24-21-35(7)27-51(45)57(52-28-36(8)22-25-46(52)55)49-19-13-9-15-39(49)40-16-10-14-20-50(40)57/h9-34H,1-8H3. The predicted octanol–water partition coefficient (Wildman–Crippen LogP) is 9.80. The minimum Gasteiger partial charge on any atom is -0.311 e. The number of aryl methyl sites for hydroxylation is 2. The molecule has 7 aromatic rings. The van der Waals surface area contributed by atoms with Gasteiger partial charge in [0.2, 0.25) is 6.71 Å². The summed E-state index contributed by atoms with van der Waals surface area (Å²) in [5.74, 6) is 1.27. The van der Waals surface area contributed by atoms with Gasteiger partial charge in [0, 0.05) is 26.9 Å². The molecule has 0 N–H and O–H groups in total. The molecule has 0 radical (unpaired) electrons. The van der Waals surface area contributed by atoms with Gasteiger partial charge in [0.25, 0.3) is 0 Å². The highest BCUT2D eigenvalue weighted by molar-refractivity contribution is 8.00. The zero-order valence-corrected chi connectivity index (χ0v) is 36.3. The van der Waals surface area contributed by atoms with Crippen LogP contribution >= 0.6 is 11.8 Å². The van der Waals surface area contributed by atoms with Gasteiger partial charge in [0.1, 0.15) is 0 Å². The second-order valence-electron chi connectivity index (χ2n) is 17.6. The van der Waals surface area contributed by atoms with Gasteiger partial charge < -0.3 is 4.90 Å². The third-order valence-corrected chi connectivity index (χ3v) is 19.1.